The molecule has 4 rings (SSSR count). The van der Waals surface area contributed by atoms with E-state index in [4.69, 9.17) is 14.5 Å². The summed E-state index contributed by atoms with van der Waals surface area (Å²) < 4.78 is 24.4. The van der Waals surface area contributed by atoms with Gasteiger partial charge in [0.05, 0.1) is 25.7 Å². The lowest BCUT2D eigenvalue weighted by Crippen LogP contribution is -2.38. The fraction of sp³-hybridized carbons (Fsp3) is 0.417. The summed E-state index contributed by atoms with van der Waals surface area (Å²) in [5.41, 5.74) is 2.62. The molecule has 0 saturated heterocycles. The molecule has 0 spiro atoms. The summed E-state index contributed by atoms with van der Waals surface area (Å²) >= 11 is 4.90. The number of aliphatic imine (C=N–C) groups is 1. The van der Waals surface area contributed by atoms with E-state index in [1.807, 2.05) is 12.3 Å². The summed E-state index contributed by atoms with van der Waals surface area (Å²) in [6.07, 6.45) is 2.71. The van der Waals surface area contributed by atoms with Crippen LogP contribution in [0, 0.1) is 24.6 Å². The third kappa shape index (κ3) is 4.93. The third-order valence-corrected chi connectivity index (χ3v) is 7.88. The largest absolute Gasteiger partial charge is 0.469 e. The van der Waals surface area contributed by atoms with E-state index < -0.39 is 17.8 Å². The van der Waals surface area contributed by atoms with Gasteiger partial charge in [0.25, 0.3) is 0 Å². The van der Waals surface area contributed by atoms with Gasteiger partial charge in [0, 0.05) is 21.2 Å². The standard InChI is InChI=1S/C24H25BrFN3O4S/c1-12-11-34-22(27-12)21-28-19(13-4-6-14(7-5-13)23(30)32-2)18(24(31)33-3)20(29-21)16-9-8-15(26)10-17(16)25/h8-11,13-14,20H,4-7H2,1-3H3,(H,28,29). The van der Waals surface area contributed by atoms with Crippen LogP contribution in [-0.2, 0) is 19.1 Å². The number of methoxy groups -OCH3 is 2. The number of hydrogen-bond donors (Lipinski definition) is 1. The number of hydrogen-bond acceptors (Lipinski definition) is 8. The second-order valence-electron chi connectivity index (χ2n) is 8.36. The summed E-state index contributed by atoms with van der Waals surface area (Å²) in [6, 6.07) is 3.62. The van der Waals surface area contributed by atoms with E-state index in [1.165, 1.54) is 37.7 Å². The van der Waals surface area contributed by atoms with Crippen molar-refractivity contribution in [2.75, 3.05) is 14.2 Å². The molecule has 1 saturated carbocycles. The Morgan fingerprint density at radius 1 is 1.18 bits per heavy atom. The van der Waals surface area contributed by atoms with Crippen LogP contribution in [0.1, 0.15) is 48.0 Å². The summed E-state index contributed by atoms with van der Waals surface area (Å²) in [7, 11) is 2.74. The van der Waals surface area contributed by atoms with Crippen molar-refractivity contribution in [2.45, 2.75) is 38.6 Å². The Kier molecular flexibility index (Phi) is 7.47. The number of carbonyl (C=O) groups excluding carboxylic acids is 2. The summed E-state index contributed by atoms with van der Waals surface area (Å²) in [6.45, 7) is 1.90. The van der Waals surface area contributed by atoms with Gasteiger partial charge < -0.3 is 14.8 Å². The molecule has 1 aromatic carbocycles. The van der Waals surface area contributed by atoms with Crippen LogP contribution >= 0.6 is 27.3 Å². The minimum absolute atomic E-state index is 0.0108. The second kappa shape index (κ2) is 10.4. The van der Waals surface area contributed by atoms with Gasteiger partial charge in [0.1, 0.15) is 11.9 Å². The molecule has 0 bridgehead atoms. The van der Waals surface area contributed by atoms with Gasteiger partial charge in [-0.1, -0.05) is 22.0 Å². The Morgan fingerprint density at radius 3 is 2.50 bits per heavy atom. The molecular weight excluding hydrogens is 525 g/mol. The molecule has 0 radical (unpaired) electrons. The topological polar surface area (TPSA) is 89.9 Å². The molecular formula is C24H25BrFN3O4S. The number of benzene rings is 1. The fourth-order valence-electron chi connectivity index (χ4n) is 4.53. The number of carbonyl (C=O) groups is 2. The van der Waals surface area contributed by atoms with Gasteiger partial charge in [-0.25, -0.2) is 14.2 Å². The van der Waals surface area contributed by atoms with Crippen LogP contribution in [0.4, 0.5) is 4.39 Å². The van der Waals surface area contributed by atoms with Crippen molar-refractivity contribution >= 4 is 45.0 Å². The van der Waals surface area contributed by atoms with Crippen molar-refractivity contribution in [3.8, 4) is 0 Å². The first kappa shape index (κ1) is 24.5. The smallest absolute Gasteiger partial charge is 0.338 e. The van der Waals surface area contributed by atoms with Gasteiger partial charge in [-0.3, -0.25) is 9.79 Å². The minimum Gasteiger partial charge on any atom is -0.469 e. The average Bonchev–Trinajstić information content (AvgIpc) is 3.28. The lowest BCUT2D eigenvalue weighted by molar-refractivity contribution is -0.146. The Labute approximate surface area is 209 Å². The van der Waals surface area contributed by atoms with Crippen LogP contribution in [0.5, 0.6) is 0 Å². The van der Waals surface area contributed by atoms with Crippen LogP contribution in [0.3, 0.4) is 0 Å². The first-order valence-electron chi connectivity index (χ1n) is 10.9. The van der Waals surface area contributed by atoms with Gasteiger partial charge in [-0.2, -0.15) is 0 Å². The maximum Gasteiger partial charge on any atom is 0.338 e. The Morgan fingerprint density at radius 2 is 1.91 bits per heavy atom. The van der Waals surface area contributed by atoms with E-state index in [1.54, 1.807) is 6.07 Å². The highest BCUT2D eigenvalue weighted by Crippen LogP contribution is 2.42. The maximum absolute atomic E-state index is 13.9. The summed E-state index contributed by atoms with van der Waals surface area (Å²) in [4.78, 5) is 34.5. The quantitative estimate of drug-likeness (QED) is 0.536. The molecule has 0 amide bonds. The number of nitrogens with one attached hydrogen (secondary N) is 1. The van der Waals surface area contributed by atoms with E-state index in [-0.39, 0.29) is 17.8 Å². The number of halogens is 2. The van der Waals surface area contributed by atoms with Gasteiger partial charge in [0.15, 0.2) is 10.8 Å². The van der Waals surface area contributed by atoms with Gasteiger partial charge in [-0.15, -0.1) is 11.3 Å². The Hall–Kier alpha value is -2.59. The van der Waals surface area contributed by atoms with Crippen molar-refractivity contribution in [3.63, 3.8) is 0 Å². The zero-order chi connectivity index (χ0) is 24.4. The molecule has 7 nitrogen and oxygen atoms in total. The van der Waals surface area contributed by atoms with Gasteiger partial charge in [0.2, 0.25) is 0 Å². The van der Waals surface area contributed by atoms with Crippen LogP contribution < -0.4 is 5.32 Å². The van der Waals surface area contributed by atoms with Gasteiger partial charge >= 0.3 is 11.9 Å². The molecule has 10 heteroatoms. The van der Waals surface area contributed by atoms with Crippen LogP contribution in [0.15, 0.2) is 44.3 Å². The predicted octanol–water partition coefficient (Wildman–Crippen LogP) is 4.85. The molecule has 2 aliphatic rings. The van der Waals surface area contributed by atoms with Crippen LogP contribution in [0.2, 0.25) is 0 Å². The molecule has 1 fully saturated rings. The number of ether oxygens (including phenoxy) is 2. The molecule has 2 heterocycles. The number of rotatable bonds is 5. The third-order valence-electron chi connectivity index (χ3n) is 6.23. The monoisotopic (exact) mass is 549 g/mol. The van der Waals surface area contributed by atoms with Crippen molar-refractivity contribution in [1.29, 1.82) is 0 Å². The van der Waals surface area contributed by atoms with E-state index in [0.29, 0.717) is 57.8 Å². The molecule has 1 unspecified atom stereocenters. The van der Waals surface area contributed by atoms with Gasteiger partial charge in [-0.05, 0) is 56.2 Å². The number of aryl methyl sites for hydroxylation is 1. The highest BCUT2D eigenvalue weighted by Gasteiger charge is 2.38. The lowest BCUT2D eigenvalue weighted by atomic mass is 9.78. The SMILES string of the molecule is COC(=O)C1=C(C2CCC(C(=O)OC)CC2)NC(c2nc(C)cs2)=NC1c1ccc(F)cc1Br. The van der Waals surface area contributed by atoms with E-state index >= 15 is 0 Å². The van der Waals surface area contributed by atoms with Crippen molar-refractivity contribution in [1.82, 2.24) is 10.3 Å². The molecule has 1 aliphatic heterocycles. The van der Waals surface area contributed by atoms with E-state index in [0.717, 1.165) is 5.69 Å². The molecule has 1 aromatic heterocycles. The van der Waals surface area contributed by atoms with Crippen molar-refractivity contribution in [2.24, 2.45) is 16.8 Å². The molecule has 180 valence electrons. The molecule has 34 heavy (non-hydrogen) atoms. The van der Waals surface area contributed by atoms with Crippen LogP contribution in [0.25, 0.3) is 0 Å². The highest BCUT2D eigenvalue weighted by atomic mass is 79.9. The first-order chi connectivity index (χ1) is 16.3. The number of allylic oxidation sites excluding steroid dienone is 1. The Bertz CT molecular complexity index is 1170. The van der Waals surface area contributed by atoms with Crippen LogP contribution in [-0.4, -0.2) is 37.0 Å². The second-order valence-corrected chi connectivity index (χ2v) is 10.1. The number of amidine groups is 1. The summed E-state index contributed by atoms with van der Waals surface area (Å²) in [5, 5.41) is 6.01. The van der Waals surface area contributed by atoms with Crippen molar-refractivity contribution in [3.05, 3.63) is 61.4 Å². The van der Waals surface area contributed by atoms with E-state index in [9.17, 15) is 14.0 Å². The number of esters is 2. The normalized spacial score (nSPS) is 22.6. The van der Waals surface area contributed by atoms with Crippen molar-refractivity contribution < 1.29 is 23.5 Å². The zero-order valence-corrected chi connectivity index (χ0v) is 21.5. The highest BCUT2D eigenvalue weighted by molar-refractivity contribution is 9.10. The minimum atomic E-state index is -0.712. The molecule has 1 N–H and O–H groups in total. The predicted molar refractivity (Wildman–Crippen MR) is 130 cm³/mol. The maximum atomic E-state index is 13.9. The average molecular weight is 550 g/mol. The molecule has 2 aromatic rings. The fourth-order valence-corrected chi connectivity index (χ4v) is 5.84. The van der Waals surface area contributed by atoms with E-state index in [2.05, 4.69) is 26.2 Å². The first-order valence-corrected chi connectivity index (χ1v) is 12.6. The number of nitrogens with zero attached hydrogens (tertiary/aromatic N) is 2. The number of thiazole rings is 1. The zero-order valence-electron chi connectivity index (χ0n) is 19.1. The molecule has 1 aliphatic carbocycles. The molecule has 1 atom stereocenters. The lowest BCUT2D eigenvalue weighted by Gasteiger charge is -2.34. The summed E-state index contributed by atoms with van der Waals surface area (Å²) in [5.74, 6) is -0.707. The Balaban J connectivity index is 1.80. The number of aromatic nitrogens is 1.